The maximum atomic E-state index is 12.9. The highest BCUT2D eigenvalue weighted by atomic mass is 35.5. The van der Waals surface area contributed by atoms with E-state index in [0.717, 1.165) is 35.2 Å². The Balaban J connectivity index is 1.67. The van der Waals surface area contributed by atoms with Gasteiger partial charge in [-0.15, -0.1) is 27.9 Å². The summed E-state index contributed by atoms with van der Waals surface area (Å²) in [7, 11) is 0. The molecule has 3 rings (SSSR count). The molecule has 1 aromatic carbocycles. The molecule has 1 aromatic heterocycles. The second kappa shape index (κ2) is 11.9. The van der Waals surface area contributed by atoms with Gasteiger partial charge in [0.15, 0.2) is 0 Å². The highest BCUT2D eigenvalue weighted by molar-refractivity contribution is 6.18. The molecule has 1 aliphatic carbocycles. The summed E-state index contributed by atoms with van der Waals surface area (Å²) in [5.41, 5.74) is 2.00. The van der Waals surface area contributed by atoms with Gasteiger partial charge in [0.2, 0.25) is 5.91 Å². The van der Waals surface area contributed by atoms with Crippen LogP contribution < -0.4 is 10.6 Å². The molecule has 0 aliphatic heterocycles. The van der Waals surface area contributed by atoms with Gasteiger partial charge in [-0.25, -0.2) is 9.59 Å². The Kier molecular flexibility index (Phi) is 8.96. The Labute approximate surface area is 201 Å². The average molecular weight is 497 g/mol. The van der Waals surface area contributed by atoms with Gasteiger partial charge in [-0.2, -0.15) is 5.10 Å². The maximum Gasteiger partial charge on any atom is 0.436 e. The first-order valence-corrected chi connectivity index (χ1v) is 11.7. The molecule has 2 aromatic rings. The summed E-state index contributed by atoms with van der Waals surface area (Å²) in [5.74, 6) is 0.0614. The van der Waals surface area contributed by atoms with Gasteiger partial charge in [-0.05, 0) is 37.5 Å². The van der Waals surface area contributed by atoms with Crippen molar-refractivity contribution in [3.8, 4) is 0 Å². The second-order valence-electron chi connectivity index (χ2n) is 7.58. The SMILES string of the molecule is C[C@@H](C(=O)Nc1cc(C2CCC2)nn1C(=O)OCCCl)c1ccc(NC(=O)OCCCl)cc1. The number of halogens is 2. The van der Waals surface area contributed by atoms with Crippen molar-refractivity contribution in [2.75, 3.05) is 35.6 Å². The molecule has 2 N–H and O–H groups in total. The van der Waals surface area contributed by atoms with Crippen LogP contribution in [-0.2, 0) is 14.3 Å². The van der Waals surface area contributed by atoms with Gasteiger partial charge in [0.1, 0.15) is 19.0 Å². The van der Waals surface area contributed by atoms with Gasteiger partial charge in [0.05, 0.1) is 23.4 Å². The number of aromatic nitrogens is 2. The monoisotopic (exact) mass is 496 g/mol. The zero-order chi connectivity index (χ0) is 23.8. The Bertz CT molecular complexity index is 976. The van der Waals surface area contributed by atoms with Crippen molar-refractivity contribution in [3.63, 3.8) is 0 Å². The summed E-state index contributed by atoms with van der Waals surface area (Å²) in [6, 6.07) is 8.52. The van der Waals surface area contributed by atoms with Gasteiger partial charge in [0, 0.05) is 17.7 Å². The number of hydrogen-bond donors (Lipinski definition) is 2. The van der Waals surface area contributed by atoms with Gasteiger partial charge < -0.3 is 14.8 Å². The molecule has 1 saturated carbocycles. The molecular formula is C22H26Cl2N4O5. The van der Waals surface area contributed by atoms with Crippen molar-refractivity contribution in [2.45, 2.75) is 38.0 Å². The van der Waals surface area contributed by atoms with Crippen LogP contribution in [0.4, 0.5) is 21.1 Å². The molecule has 0 spiro atoms. The molecule has 33 heavy (non-hydrogen) atoms. The summed E-state index contributed by atoms with van der Waals surface area (Å²) in [5, 5.41) is 9.72. The Morgan fingerprint density at radius 1 is 1.09 bits per heavy atom. The summed E-state index contributed by atoms with van der Waals surface area (Å²) in [6.07, 6.45) is 1.81. The highest BCUT2D eigenvalue weighted by Crippen LogP contribution is 2.36. The van der Waals surface area contributed by atoms with E-state index in [9.17, 15) is 14.4 Å². The van der Waals surface area contributed by atoms with Crippen LogP contribution in [0.25, 0.3) is 0 Å². The normalized spacial score (nSPS) is 14.2. The molecule has 11 heteroatoms. The number of anilines is 2. The van der Waals surface area contributed by atoms with Crippen LogP contribution in [0.1, 0.15) is 49.3 Å². The molecule has 1 aliphatic rings. The minimum absolute atomic E-state index is 0.0442. The maximum absolute atomic E-state index is 12.9. The van der Waals surface area contributed by atoms with E-state index in [0.29, 0.717) is 5.69 Å². The predicted molar refractivity (Wildman–Crippen MR) is 125 cm³/mol. The predicted octanol–water partition coefficient (Wildman–Crippen LogP) is 4.90. The van der Waals surface area contributed by atoms with E-state index in [4.69, 9.17) is 32.7 Å². The number of carbonyl (C=O) groups is 3. The van der Waals surface area contributed by atoms with Crippen LogP contribution in [0.2, 0.25) is 0 Å². The third-order valence-electron chi connectivity index (χ3n) is 5.34. The van der Waals surface area contributed by atoms with E-state index in [1.54, 1.807) is 37.3 Å². The fourth-order valence-electron chi connectivity index (χ4n) is 3.24. The smallest absolute Gasteiger partial charge is 0.436 e. The highest BCUT2D eigenvalue weighted by Gasteiger charge is 2.27. The zero-order valence-corrected chi connectivity index (χ0v) is 19.7. The van der Waals surface area contributed by atoms with E-state index in [1.807, 2.05) is 0 Å². The van der Waals surface area contributed by atoms with Crippen molar-refractivity contribution >= 4 is 52.8 Å². The lowest BCUT2D eigenvalue weighted by atomic mass is 9.83. The van der Waals surface area contributed by atoms with Crippen LogP contribution in [-0.4, -0.2) is 52.8 Å². The number of carbonyl (C=O) groups excluding carboxylic acids is 3. The topological polar surface area (TPSA) is 112 Å². The number of nitrogens with one attached hydrogen (secondary N) is 2. The number of amides is 2. The standard InChI is InChI=1S/C22H26Cl2N4O5/c1-14(15-5-7-17(8-6-15)25-21(30)32-11-9-23)20(29)26-19-13-18(16-3-2-4-16)27-28(19)22(31)33-12-10-24/h5-8,13-14,16H,2-4,9-12H2,1H3,(H,25,30)(H,26,29)/t14-/m1/s1. The van der Waals surface area contributed by atoms with Crippen molar-refractivity contribution < 1.29 is 23.9 Å². The molecule has 2 amide bonds. The number of ether oxygens (including phenoxy) is 2. The number of alkyl halides is 2. The molecule has 0 radical (unpaired) electrons. The fourth-order valence-corrected chi connectivity index (χ4v) is 3.40. The van der Waals surface area contributed by atoms with Crippen molar-refractivity contribution in [1.29, 1.82) is 0 Å². The Morgan fingerprint density at radius 2 is 1.76 bits per heavy atom. The van der Waals surface area contributed by atoms with E-state index < -0.39 is 18.1 Å². The Hall–Kier alpha value is -2.78. The molecule has 178 valence electrons. The van der Waals surface area contributed by atoms with Crippen molar-refractivity contribution in [2.24, 2.45) is 0 Å². The average Bonchev–Trinajstić information content (AvgIpc) is 3.17. The molecule has 1 atom stereocenters. The Morgan fingerprint density at radius 3 is 2.36 bits per heavy atom. The minimum Gasteiger partial charge on any atom is -0.448 e. The molecule has 1 fully saturated rings. The first kappa shape index (κ1) is 24.9. The molecule has 0 bridgehead atoms. The number of hydrogen-bond acceptors (Lipinski definition) is 6. The van der Waals surface area contributed by atoms with Gasteiger partial charge >= 0.3 is 12.2 Å². The van der Waals surface area contributed by atoms with Gasteiger partial charge in [0.25, 0.3) is 0 Å². The molecule has 9 nitrogen and oxygen atoms in total. The van der Waals surface area contributed by atoms with E-state index in [1.165, 1.54) is 0 Å². The summed E-state index contributed by atoms with van der Waals surface area (Å²) in [6.45, 7) is 1.90. The summed E-state index contributed by atoms with van der Waals surface area (Å²) < 4.78 is 11.0. The summed E-state index contributed by atoms with van der Waals surface area (Å²) in [4.78, 5) is 36.9. The van der Waals surface area contributed by atoms with E-state index in [2.05, 4.69) is 15.7 Å². The van der Waals surface area contributed by atoms with Crippen LogP contribution in [0.15, 0.2) is 30.3 Å². The number of nitrogens with zero attached hydrogens (tertiary/aromatic N) is 2. The van der Waals surface area contributed by atoms with Gasteiger partial charge in [-0.3, -0.25) is 10.1 Å². The molecule has 0 saturated heterocycles. The van der Waals surface area contributed by atoms with E-state index in [-0.39, 0.29) is 42.6 Å². The quantitative estimate of drug-likeness (QED) is 0.477. The lowest BCUT2D eigenvalue weighted by molar-refractivity contribution is -0.117. The van der Waals surface area contributed by atoms with Crippen LogP contribution in [0.5, 0.6) is 0 Å². The number of rotatable bonds is 9. The van der Waals surface area contributed by atoms with Crippen molar-refractivity contribution in [3.05, 3.63) is 41.6 Å². The molecule has 1 heterocycles. The van der Waals surface area contributed by atoms with Crippen LogP contribution in [0, 0.1) is 0 Å². The fraction of sp³-hybridized carbons (Fsp3) is 0.455. The zero-order valence-electron chi connectivity index (χ0n) is 18.2. The second-order valence-corrected chi connectivity index (χ2v) is 8.34. The number of benzene rings is 1. The first-order chi connectivity index (χ1) is 15.9. The van der Waals surface area contributed by atoms with Gasteiger partial charge in [-0.1, -0.05) is 18.6 Å². The first-order valence-electron chi connectivity index (χ1n) is 10.7. The third kappa shape index (κ3) is 6.61. The van der Waals surface area contributed by atoms with Crippen molar-refractivity contribution in [1.82, 2.24) is 9.78 Å². The van der Waals surface area contributed by atoms with Crippen LogP contribution in [0.3, 0.4) is 0 Å². The van der Waals surface area contributed by atoms with Crippen LogP contribution >= 0.6 is 23.2 Å². The van der Waals surface area contributed by atoms with E-state index >= 15 is 0 Å². The lowest BCUT2D eigenvalue weighted by Crippen LogP contribution is -2.24. The largest absolute Gasteiger partial charge is 0.448 e. The molecular weight excluding hydrogens is 471 g/mol. The summed E-state index contributed by atoms with van der Waals surface area (Å²) >= 11 is 11.1. The lowest BCUT2D eigenvalue weighted by Gasteiger charge is -2.22. The third-order valence-corrected chi connectivity index (χ3v) is 5.65. The minimum atomic E-state index is -0.694. The molecule has 0 unspecified atom stereocenters.